The topological polar surface area (TPSA) is 17.1 Å². The molecule has 0 radical (unpaired) electrons. The van der Waals surface area contributed by atoms with Gasteiger partial charge < -0.3 is 4.79 Å². The third kappa shape index (κ3) is 2.88. The highest BCUT2D eigenvalue weighted by molar-refractivity contribution is 9.10. The second-order valence-electron chi connectivity index (χ2n) is 4.21. The van der Waals surface area contributed by atoms with Crippen molar-refractivity contribution < 1.29 is 9.18 Å². The first-order chi connectivity index (χ1) is 9.04. The van der Waals surface area contributed by atoms with E-state index in [1.54, 1.807) is 12.1 Å². The van der Waals surface area contributed by atoms with Crippen molar-refractivity contribution in [2.24, 2.45) is 0 Å². The summed E-state index contributed by atoms with van der Waals surface area (Å²) in [5, 5.41) is 0.587. The van der Waals surface area contributed by atoms with E-state index in [9.17, 15) is 9.18 Å². The van der Waals surface area contributed by atoms with Gasteiger partial charge in [-0.15, -0.1) is 0 Å². The first-order valence-electron chi connectivity index (χ1n) is 5.71. The molecule has 98 valence electrons. The van der Waals surface area contributed by atoms with Crippen LogP contribution in [0.4, 0.5) is 4.39 Å². The number of rotatable bonds is 3. The molecule has 0 unspecified atom stereocenters. The molecule has 0 spiro atoms. The molecule has 0 aliphatic rings. The lowest BCUT2D eigenvalue weighted by Gasteiger charge is -2.14. The predicted octanol–water partition coefficient (Wildman–Crippen LogP) is 4.96. The minimum atomic E-state index is -0.311. The van der Waals surface area contributed by atoms with Gasteiger partial charge in [-0.1, -0.05) is 23.7 Å². The van der Waals surface area contributed by atoms with Crippen LogP contribution in [-0.4, -0.2) is 6.29 Å². The molecule has 0 fully saturated rings. The van der Waals surface area contributed by atoms with Crippen molar-refractivity contribution in [1.82, 2.24) is 0 Å². The number of benzene rings is 2. The summed E-state index contributed by atoms with van der Waals surface area (Å²) in [5.41, 5.74) is 3.19. The van der Waals surface area contributed by atoms with E-state index in [1.165, 1.54) is 12.1 Å². The molecule has 0 saturated carbocycles. The van der Waals surface area contributed by atoms with Gasteiger partial charge in [0.1, 0.15) is 12.1 Å². The van der Waals surface area contributed by atoms with Crippen LogP contribution < -0.4 is 0 Å². The lowest BCUT2D eigenvalue weighted by atomic mass is 9.96. The number of carbonyl (C=O) groups excluding carboxylic acids is 1. The summed E-state index contributed by atoms with van der Waals surface area (Å²) in [6.07, 6.45) is 1.06. The quantitative estimate of drug-likeness (QED) is 0.721. The molecule has 0 heterocycles. The zero-order chi connectivity index (χ0) is 14.0. The van der Waals surface area contributed by atoms with Crippen molar-refractivity contribution in [2.75, 3.05) is 0 Å². The van der Waals surface area contributed by atoms with Crippen molar-refractivity contribution >= 4 is 33.8 Å². The van der Waals surface area contributed by atoms with Crippen molar-refractivity contribution in [3.05, 3.63) is 56.8 Å². The summed E-state index contributed by atoms with van der Waals surface area (Å²) in [6.45, 7) is 1.87. The van der Waals surface area contributed by atoms with Gasteiger partial charge in [0, 0.05) is 15.9 Å². The van der Waals surface area contributed by atoms with Gasteiger partial charge in [-0.3, -0.25) is 0 Å². The average molecular weight is 342 g/mol. The van der Waals surface area contributed by atoms with E-state index in [-0.39, 0.29) is 12.2 Å². The van der Waals surface area contributed by atoms with Crippen molar-refractivity contribution in [3.63, 3.8) is 0 Å². The minimum Gasteiger partial charge on any atom is -0.303 e. The Balaban J connectivity index is 2.73. The van der Waals surface area contributed by atoms with Gasteiger partial charge in [-0.05, 0) is 63.3 Å². The molecule has 0 atom stereocenters. The highest BCUT2D eigenvalue weighted by atomic mass is 79.9. The van der Waals surface area contributed by atoms with Gasteiger partial charge in [-0.25, -0.2) is 4.39 Å². The van der Waals surface area contributed by atoms with Crippen molar-refractivity contribution in [2.45, 2.75) is 13.3 Å². The van der Waals surface area contributed by atoms with Gasteiger partial charge in [0.2, 0.25) is 0 Å². The van der Waals surface area contributed by atoms with Gasteiger partial charge >= 0.3 is 0 Å². The van der Waals surface area contributed by atoms with E-state index in [0.717, 1.165) is 33.0 Å². The monoisotopic (exact) mass is 340 g/mol. The molecule has 0 aliphatic heterocycles. The average Bonchev–Trinajstić information content (AvgIpc) is 2.36. The molecule has 2 rings (SSSR count). The van der Waals surface area contributed by atoms with Crippen LogP contribution in [0.5, 0.6) is 0 Å². The molecule has 0 saturated heterocycles. The predicted molar refractivity (Wildman–Crippen MR) is 79.1 cm³/mol. The summed E-state index contributed by atoms with van der Waals surface area (Å²) in [7, 11) is 0. The minimum absolute atomic E-state index is 0.241. The van der Waals surface area contributed by atoms with E-state index < -0.39 is 0 Å². The summed E-state index contributed by atoms with van der Waals surface area (Å²) in [4.78, 5) is 10.8. The van der Waals surface area contributed by atoms with Gasteiger partial charge in [-0.2, -0.15) is 0 Å². The zero-order valence-electron chi connectivity index (χ0n) is 10.2. The molecule has 0 amide bonds. The summed E-state index contributed by atoms with van der Waals surface area (Å²) >= 11 is 9.62. The van der Waals surface area contributed by atoms with Crippen molar-refractivity contribution in [1.29, 1.82) is 0 Å². The first-order valence-corrected chi connectivity index (χ1v) is 6.88. The lowest BCUT2D eigenvalue weighted by molar-refractivity contribution is -0.107. The maximum Gasteiger partial charge on any atom is 0.124 e. The molecule has 4 heteroatoms. The van der Waals surface area contributed by atoms with Crippen LogP contribution in [0.1, 0.15) is 11.1 Å². The SMILES string of the molecule is Cc1c(Cl)cc(CC=O)c(-c2cccc(F)c2)c1Br. The highest BCUT2D eigenvalue weighted by Gasteiger charge is 2.14. The Morgan fingerprint density at radius 2 is 2.11 bits per heavy atom. The van der Waals surface area contributed by atoms with E-state index in [1.807, 2.05) is 13.0 Å². The number of aldehydes is 1. The number of carbonyl (C=O) groups is 1. The standard InChI is InChI=1S/C15H11BrClFO/c1-9-13(17)8-11(5-6-19)14(15(9)16)10-3-2-4-12(18)7-10/h2-4,6-8H,5H2,1H3. The van der Waals surface area contributed by atoms with Crippen LogP contribution in [0.25, 0.3) is 11.1 Å². The second-order valence-corrected chi connectivity index (χ2v) is 5.41. The maximum atomic E-state index is 13.4. The molecule has 0 aromatic heterocycles. The van der Waals surface area contributed by atoms with Gasteiger partial charge in [0.25, 0.3) is 0 Å². The van der Waals surface area contributed by atoms with E-state index in [4.69, 9.17) is 11.6 Å². The summed E-state index contributed by atoms with van der Waals surface area (Å²) < 4.78 is 14.2. The van der Waals surface area contributed by atoms with Crippen LogP contribution in [0.2, 0.25) is 5.02 Å². The molecule has 1 nitrogen and oxygen atoms in total. The summed E-state index contributed by atoms with van der Waals surface area (Å²) in [5.74, 6) is -0.311. The molecule has 0 bridgehead atoms. The Bertz CT molecular complexity index is 640. The zero-order valence-corrected chi connectivity index (χ0v) is 12.6. The Morgan fingerprint density at radius 3 is 2.74 bits per heavy atom. The number of halogens is 3. The summed E-state index contributed by atoms with van der Waals surface area (Å²) in [6, 6.07) is 8.05. The van der Waals surface area contributed by atoms with Gasteiger partial charge in [0.15, 0.2) is 0 Å². The van der Waals surface area contributed by atoms with Gasteiger partial charge in [0.05, 0.1) is 0 Å². The Labute approximate surface area is 124 Å². The van der Waals surface area contributed by atoms with Crippen LogP contribution in [-0.2, 0) is 11.2 Å². The fraction of sp³-hybridized carbons (Fsp3) is 0.133. The van der Waals surface area contributed by atoms with Crippen LogP contribution in [0, 0.1) is 12.7 Å². The maximum absolute atomic E-state index is 13.4. The van der Waals surface area contributed by atoms with E-state index in [2.05, 4.69) is 15.9 Å². The number of hydrogen-bond acceptors (Lipinski definition) is 1. The Kier molecular flexibility index (Phi) is 4.38. The van der Waals surface area contributed by atoms with Crippen molar-refractivity contribution in [3.8, 4) is 11.1 Å². The largest absolute Gasteiger partial charge is 0.303 e. The molecule has 2 aromatic carbocycles. The normalized spacial score (nSPS) is 10.5. The van der Waals surface area contributed by atoms with E-state index in [0.29, 0.717) is 5.02 Å². The Morgan fingerprint density at radius 1 is 1.37 bits per heavy atom. The second kappa shape index (κ2) is 5.85. The molecular weight excluding hydrogens is 331 g/mol. The van der Waals surface area contributed by atoms with Crippen LogP contribution in [0.15, 0.2) is 34.8 Å². The third-order valence-electron chi connectivity index (χ3n) is 2.95. The van der Waals surface area contributed by atoms with Crippen LogP contribution >= 0.6 is 27.5 Å². The molecular formula is C15H11BrClFO. The molecule has 0 N–H and O–H groups in total. The van der Waals surface area contributed by atoms with E-state index >= 15 is 0 Å². The fourth-order valence-corrected chi connectivity index (χ4v) is 3.01. The lowest BCUT2D eigenvalue weighted by Crippen LogP contribution is -1.96. The molecule has 0 aliphatic carbocycles. The smallest absolute Gasteiger partial charge is 0.124 e. The highest BCUT2D eigenvalue weighted by Crippen LogP contribution is 2.38. The third-order valence-corrected chi connectivity index (χ3v) is 4.33. The Hall–Kier alpha value is -1.19. The number of hydrogen-bond donors (Lipinski definition) is 0. The molecule has 19 heavy (non-hydrogen) atoms. The first kappa shape index (κ1) is 14.2. The molecule has 2 aromatic rings. The fourth-order valence-electron chi connectivity index (χ4n) is 1.97. The van der Waals surface area contributed by atoms with Crippen LogP contribution in [0.3, 0.4) is 0 Å².